The fraction of sp³-hybridized carbons (Fsp3) is 0.242. The molecule has 0 amide bonds. The molecule has 0 bridgehead atoms. The molecule has 6 rings (SSSR count). The van der Waals surface area contributed by atoms with Crippen LogP contribution in [-0.4, -0.2) is 44.0 Å². The summed E-state index contributed by atoms with van der Waals surface area (Å²) in [6.07, 6.45) is 5.17. The molecule has 14 heteroatoms. The fourth-order valence-corrected chi connectivity index (χ4v) is 9.98. The normalized spacial score (nSPS) is 15.0. The lowest BCUT2D eigenvalue weighted by atomic mass is 10.1. The second-order valence-electron chi connectivity index (χ2n) is 11.2. The molecule has 0 saturated heterocycles. The lowest BCUT2D eigenvalue weighted by Gasteiger charge is -2.22. The Morgan fingerprint density at radius 3 is 2.23 bits per heavy atom. The highest BCUT2D eigenvalue weighted by molar-refractivity contribution is 8.03. The van der Waals surface area contributed by atoms with Gasteiger partial charge in [-0.1, -0.05) is 95.7 Å². The summed E-state index contributed by atoms with van der Waals surface area (Å²) in [7, 11) is -8.52. The third kappa shape index (κ3) is 7.50. The van der Waals surface area contributed by atoms with Crippen LogP contribution in [0.15, 0.2) is 82.2 Å². The van der Waals surface area contributed by atoms with Crippen molar-refractivity contribution in [3.8, 4) is 0 Å². The van der Waals surface area contributed by atoms with E-state index in [-0.39, 0.29) is 18.6 Å². The van der Waals surface area contributed by atoms with E-state index in [1.165, 1.54) is 11.3 Å². The zero-order valence-corrected chi connectivity index (χ0v) is 29.9. The van der Waals surface area contributed by atoms with Crippen LogP contribution in [0.5, 0.6) is 0 Å². The van der Waals surface area contributed by atoms with Crippen LogP contribution in [0.4, 0.5) is 5.69 Å². The Balaban J connectivity index is 1.47. The zero-order chi connectivity index (χ0) is 33.5. The number of hydrogen-bond donors (Lipinski definition) is 1. The van der Waals surface area contributed by atoms with Crippen LogP contribution in [-0.2, 0) is 26.8 Å². The molecule has 1 aliphatic rings. The number of fused-ring (bicyclic) bond motifs is 6. The van der Waals surface area contributed by atoms with Gasteiger partial charge in [0.25, 0.3) is 15.1 Å². The van der Waals surface area contributed by atoms with Crippen molar-refractivity contribution in [2.45, 2.75) is 37.6 Å². The summed E-state index contributed by atoms with van der Waals surface area (Å²) < 4.78 is 70.0. The summed E-state index contributed by atoms with van der Waals surface area (Å²) in [5.74, 6) is -0.837. The number of thioether (sulfide) groups is 1. The van der Waals surface area contributed by atoms with Crippen molar-refractivity contribution in [3.05, 3.63) is 92.4 Å². The summed E-state index contributed by atoms with van der Waals surface area (Å²) in [6.45, 7) is 2.71. The van der Waals surface area contributed by atoms with E-state index in [0.717, 1.165) is 58.0 Å². The lowest BCUT2D eigenvalue weighted by molar-refractivity contribution is -0.667. The van der Waals surface area contributed by atoms with E-state index >= 15 is 0 Å². The second kappa shape index (κ2) is 13.7. The van der Waals surface area contributed by atoms with Crippen LogP contribution in [0.25, 0.3) is 37.8 Å². The van der Waals surface area contributed by atoms with Gasteiger partial charge in [0, 0.05) is 50.9 Å². The van der Waals surface area contributed by atoms with Crippen LogP contribution >= 0.6 is 46.3 Å². The largest absolute Gasteiger partial charge is 0.748 e. The van der Waals surface area contributed by atoms with Gasteiger partial charge in [0.2, 0.25) is 5.52 Å². The topological polar surface area (TPSA) is 119 Å². The number of nitrogens with zero attached hydrogens (tertiary/aromatic N) is 2. The standard InChI is InChI=1S/C33H30Cl2N2O6S4/c1-2-21(17-30-36(13-7-15-46(38,39)40)32-24-11-5-3-9-22(24)26(34)19-28(32)44-30)18-31-37(14-8-16-47(41,42)43)33-25-12-6-4-10-23(25)27(35)20-29(33)45-31/h3-6,9-12,17-20H,2,7-8,13-16H2,1H3,(H-,38,39,40,41,42,43). The number of allylic oxidation sites excluding steroid dienone is 2. The number of rotatable bonds is 11. The monoisotopic (exact) mass is 748 g/mol. The molecule has 0 atom stereocenters. The Hall–Kier alpha value is -2.68. The molecule has 0 radical (unpaired) electrons. The number of aryl methyl sites for hydroxylation is 1. The number of thiazole rings is 1. The van der Waals surface area contributed by atoms with Gasteiger partial charge in [-0.15, -0.1) is 0 Å². The smallest absolute Gasteiger partial charge is 0.264 e. The Bertz CT molecular complexity index is 2320. The highest BCUT2D eigenvalue weighted by Gasteiger charge is 2.29. The van der Waals surface area contributed by atoms with Gasteiger partial charge >= 0.3 is 0 Å². The van der Waals surface area contributed by atoms with Gasteiger partial charge < -0.3 is 9.45 Å². The molecular formula is C33H30Cl2N2O6S4. The van der Waals surface area contributed by atoms with E-state index in [0.29, 0.717) is 29.6 Å². The van der Waals surface area contributed by atoms with Crippen molar-refractivity contribution in [2.75, 3.05) is 23.0 Å². The molecule has 0 fully saturated rings. The van der Waals surface area contributed by atoms with Crippen LogP contribution in [0.3, 0.4) is 0 Å². The molecule has 0 unspecified atom stereocenters. The first kappa shape index (κ1) is 34.2. The molecular weight excluding hydrogens is 720 g/mol. The molecule has 1 N–H and O–H groups in total. The average Bonchev–Trinajstić information content (AvgIpc) is 3.52. The van der Waals surface area contributed by atoms with E-state index in [2.05, 4.69) is 21.6 Å². The minimum atomic E-state index is -4.38. The highest BCUT2D eigenvalue weighted by atomic mass is 35.5. The molecule has 2 heterocycles. The van der Waals surface area contributed by atoms with Gasteiger partial charge in [-0.25, -0.2) is 8.42 Å². The number of benzene rings is 4. The first-order chi connectivity index (χ1) is 22.3. The van der Waals surface area contributed by atoms with E-state index in [4.69, 9.17) is 23.2 Å². The van der Waals surface area contributed by atoms with E-state index in [1.54, 1.807) is 11.8 Å². The molecule has 1 aliphatic heterocycles. The highest BCUT2D eigenvalue weighted by Crippen LogP contribution is 2.51. The maximum Gasteiger partial charge on any atom is 0.264 e. The Labute approximate surface area is 291 Å². The summed E-state index contributed by atoms with van der Waals surface area (Å²) in [4.78, 5) is 3.03. The molecule has 0 spiro atoms. The van der Waals surface area contributed by atoms with Gasteiger partial charge in [0.1, 0.15) is 4.70 Å². The number of anilines is 1. The average molecular weight is 750 g/mol. The van der Waals surface area contributed by atoms with Crippen molar-refractivity contribution in [1.82, 2.24) is 0 Å². The predicted octanol–water partition coefficient (Wildman–Crippen LogP) is 8.26. The van der Waals surface area contributed by atoms with E-state index < -0.39 is 26.0 Å². The molecule has 47 heavy (non-hydrogen) atoms. The van der Waals surface area contributed by atoms with Crippen molar-refractivity contribution in [1.29, 1.82) is 0 Å². The van der Waals surface area contributed by atoms with E-state index in [9.17, 15) is 25.9 Å². The van der Waals surface area contributed by atoms with Crippen LogP contribution in [0.2, 0.25) is 10.0 Å². The molecule has 1 aromatic heterocycles. The first-order valence-electron chi connectivity index (χ1n) is 14.8. The summed E-state index contributed by atoms with van der Waals surface area (Å²) >= 11 is 16.4. The summed E-state index contributed by atoms with van der Waals surface area (Å²) in [6, 6.07) is 19.4. The lowest BCUT2D eigenvalue weighted by Crippen LogP contribution is -2.36. The Morgan fingerprint density at radius 2 is 1.57 bits per heavy atom. The van der Waals surface area contributed by atoms with Crippen molar-refractivity contribution >= 4 is 110 Å². The molecule has 8 nitrogen and oxygen atoms in total. The molecule has 0 aliphatic carbocycles. The van der Waals surface area contributed by atoms with Crippen molar-refractivity contribution < 1.29 is 30.5 Å². The molecule has 4 aromatic carbocycles. The molecule has 0 saturated carbocycles. The van der Waals surface area contributed by atoms with Crippen molar-refractivity contribution in [3.63, 3.8) is 0 Å². The predicted molar refractivity (Wildman–Crippen MR) is 193 cm³/mol. The van der Waals surface area contributed by atoms with Gasteiger partial charge in [-0.05, 0) is 42.7 Å². The van der Waals surface area contributed by atoms with Gasteiger partial charge in [0.15, 0.2) is 6.54 Å². The zero-order valence-electron chi connectivity index (χ0n) is 25.1. The van der Waals surface area contributed by atoms with Crippen LogP contribution in [0.1, 0.15) is 31.2 Å². The first-order valence-corrected chi connectivity index (χ1v) is 20.4. The quantitative estimate of drug-likeness (QED) is 0.106. The maximum atomic E-state index is 11.6. The van der Waals surface area contributed by atoms with Gasteiger partial charge in [-0.3, -0.25) is 4.55 Å². The van der Waals surface area contributed by atoms with Crippen molar-refractivity contribution in [2.24, 2.45) is 0 Å². The van der Waals surface area contributed by atoms with Crippen LogP contribution in [0, 0.1) is 0 Å². The minimum Gasteiger partial charge on any atom is -0.748 e. The van der Waals surface area contributed by atoms with Gasteiger partial charge in [0.05, 0.1) is 37.0 Å². The summed E-state index contributed by atoms with van der Waals surface area (Å²) in [5.41, 5.74) is 2.83. The number of aromatic nitrogens is 1. The summed E-state index contributed by atoms with van der Waals surface area (Å²) in [5, 5.41) is 6.63. The second-order valence-corrected chi connectivity index (χ2v) is 17.2. The molecule has 5 aromatic rings. The molecule has 246 valence electrons. The Morgan fingerprint density at radius 1 is 0.936 bits per heavy atom. The Kier molecular flexibility index (Phi) is 9.95. The number of halogens is 2. The minimum absolute atomic E-state index is 0.156. The van der Waals surface area contributed by atoms with Crippen LogP contribution < -0.4 is 9.47 Å². The fourth-order valence-electron chi connectivity index (χ4n) is 5.88. The van der Waals surface area contributed by atoms with E-state index in [1.807, 2.05) is 67.6 Å². The number of hydrogen-bond acceptors (Lipinski definition) is 8. The third-order valence-electron chi connectivity index (χ3n) is 7.95. The van der Waals surface area contributed by atoms with Gasteiger partial charge in [-0.2, -0.15) is 13.0 Å². The third-order valence-corrected chi connectivity index (χ3v) is 12.3. The maximum absolute atomic E-state index is 11.6. The SMILES string of the molecule is CCC(/C=C1\Sc2cc(Cl)c3ccccc3c2N1CCCS(=O)(=O)O)=C\c1sc2cc(Cl)c3ccccc3c2[n+]1CCCS(=O)(=O)[O-].